The second-order valence-electron chi connectivity index (χ2n) is 5.73. The van der Waals surface area contributed by atoms with Crippen molar-refractivity contribution in [1.29, 1.82) is 0 Å². The van der Waals surface area contributed by atoms with Gasteiger partial charge >= 0.3 is 0 Å². The Balaban J connectivity index is 1.70. The van der Waals surface area contributed by atoms with E-state index in [1.165, 1.54) is 5.56 Å². The first-order valence-corrected chi connectivity index (χ1v) is 7.51. The molecule has 1 aliphatic carbocycles. The Morgan fingerprint density at radius 3 is 2.71 bits per heavy atom. The molecule has 0 aliphatic heterocycles. The van der Waals surface area contributed by atoms with Crippen molar-refractivity contribution >= 4 is 5.91 Å². The van der Waals surface area contributed by atoms with Gasteiger partial charge in [-0.2, -0.15) is 0 Å². The zero-order chi connectivity index (χ0) is 14.8. The summed E-state index contributed by atoms with van der Waals surface area (Å²) in [4.78, 5) is 12.3. The Morgan fingerprint density at radius 2 is 2.10 bits per heavy atom. The van der Waals surface area contributed by atoms with Crippen molar-refractivity contribution in [3.05, 3.63) is 52.9 Å². The molecule has 1 aromatic carbocycles. The van der Waals surface area contributed by atoms with Crippen molar-refractivity contribution in [2.45, 2.75) is 45.1 Å². The third kappa shape index (κ3) is 3.15. The van der Waals surface area contributed by atoms with Crippen molar-refractivity contribution in [3.63, 3.8) is 0 Å². The maximum Gasteiger partial charge on any atom is 0.273 e. The van der Waals surface area contributed by atoms with Gasteiger partial charge in [0.1, 0.15) is 5.76 Å². The molecule has 0 radical (unpaired) electrons. The summed E-state index contributed by atoms with van der Waals surface area (Å²) in [5.41, 5.74) is 2.70. The summed E-state index contributed by atoms with van der Waals surface area (Å²) in [6.07, 6.45) is 3.11. The van der Waals surface area contributed by atoms with Crippen LogP contribution in [0.1, 0.15) is 65.5 Å². The number of hydrogen-bond acceptors (Lipinski definition) is 3. The van der Waals surface area contributed by atoms with Crippen LogP contribution in [-0.2, 0) is 0 Å². The lowest BCUT2D eigenvalue weighted by Gasteiger charge is -2.16. The van der Waals surface area contributed by atoms with Gasteiger partial charge in [0.15, 0.2) is 5.69 Å². The molecule has 1 saturated carbocycles. The molecule has 1 amide bonds. The van der Waals surface area contributed by atoms with Crippen molar-refractivity contribution in [1.82, 2.24) is 10.5 Å². The largest absolute Gasteiger partial charge is 0.360 e. The zero-order valence-corrected chi connectivity index (χ0v) is 12.4. The molecule has 1 N–H and O–H groups in total. The van der Waals surface area contributed by atoms with E-state index in [-0.39, 0.29) is 11.9 Å². The third-order valence-electron chi connectivity index (χ3n) is 3.93. The summed E-state index contributed by atoms with van der Waals surface area (Å²) >= 11 is 0. The predicted octanol–water partition coefficient (Wildman–Crippen LogP) is 3.74. The standard InChI is InChI=1S/C17H20N2O2/c1-3-14(12-6-4-11(2)5-7-12)18-17(20)15-10-16(21-19-15)13-8-9-13/h4-7,10,13-14H,3,8-9H2,1-2H3,(H,18,20). The molecule has 0 bridgehead atoms. The lowest BCUT2D eigenvalue weighted by atomic mass is 10.0. The van der Waals surface area contributed by atoms with Crippen molar-refractivity contribution in [2.24, 2.45) is 0 Å². The van der Waals surface area contributed by atoms with Gasteiger partial charge in [-0.3, -0.25) is 4.79 Å². The molecule has 2 aromatic rings. The third-order valence-corrected chi connectivity index (χ3v) is 3.93. The molecular formula is C17H20N2O2. The number of carbonyl (C=O) groups is 1. The van der Waals surface area contributed by atoms with Crippen LogP contribution in [0.4, 0.5) is 0 Å². The highest BCUT2D eigenvalue weighted by molar-refractivity contribution is 5.92. The number of rotatable bonds is 5. The van der Waals surface area contributed by atoms with Gasteiger partial charge in [-0.15, -0.1) is 0 Å². The summed E-state index contributed by atoms with van der Waals surface area (Å²) in [5.74, 6) is 1.14. The van der Waals surface area contributed by atoms with E-state index < -0.39 is 0 Å². The van der Waals surface area contributed by atoms with E-state index in [1.54, 1.807) is 6.07 Å². The Hall–Kier alpha value is -2.10. The minimum atomic E-state index is -0.168. The van der Waals surface area contributed by atoms with Crippen molar-refractivity contribution < 1.29 is 9.32 Å². The lowest BCUT2D eigenvalue weighted by Crippen LogP contribution is -2.28. The van der Waals surface area contributed by atoms with E-state index in [1.807, 2.05) is 0 Å². The number of nitrogens with zero attached hydrogens (tertiary/aromatic N) is 1. The molecule has 110 valence electrons. The van der Waals surface area contributed by atoms with Gasteiger partial charge in [-0.05, 0) is 31.7 Å². The first kappa shape index (κ1) is 13.9. The summed E-state index contributed by atoms with van der Waals surface area (Å²) in [5, 5.41) is 6.92. The molecule has 0 saturated heterocycles. The smallest absolute Gasteiger partial charge is 0.273 e. The number of hydrogen-bond donors (Lipinski definition) is 1. The van der Waals surface area contributed by atoms with Crippen molar-refractivity contribution in [2.75, 3.05) is 0 Å². The van der Waals surface area contributed by atoms with Crippen LogP contribution in [0.25, 0.3) is 0 Å². The Kier molecular flexibility index (Phi) is 3.78. The Bertz CT molecular complexity index is 626. The van der Waals surface area contributed by atoms with Crippen LogP contribution in [0.3, 0.4) is 0 Å². The van der Waals surface area contributed by atoms with E-state index in [0.717, 1.165) is 30.6 Å². The molecule has 1 aliphatic rings. The first-order valence-electron chi connectivity index (χ1n) is 7.51. The summed E-state index contributed by atoms with van der Waals surface area (Å²) < 4.78 is 5.24. The topological polar surface area (TPSA) is 55.1 Å². The molecule has 1 heterocycles. The average Bonchev–Trinajstić information content (AvgIpc) is 3.23. The fraction of sp³-hybridized carbons (Fsp3) is 0.412. The molecule has 1 unspecified atom stereocenters. The fourth-order valence-corrected chi connectivity index (χ4v) is 2.41. The SMILES string of the molecule is CCC(NC(=O)c1cc(C2CC2)on1)c1ccc(C)cc1. The van der Waals surface area contributed by atoms with Crippen LogP contribution < -0.4 is 5.32 Å². The molecule has 1 fully saturated rings. The molecule has 1 atom stereocenters. The summed E-state index contributed by atoms with van der Waals surface area (Å²) in [6, 6.07) is 10.0. The minimum absolute atomic E-state index is 0.000764. The van der Waals surface area contributed by atoms with Crippen LogP contribution >= 0.6 is 0 Å². The number of nitrogens with one attached hydrogen (secondary N) is 1. The molecular weight excluding hydrogens is 264 g/mol. The molecule has 4 nitrogen and oxygen atoms in total. The van der Waals surface area contributed by atoms with Gasteiger partial charge in [-0.1, -0.05) is 41.9 Å². The van der Waals surface area contributed by atoms with Crippen LogP contribution in [0.2, 0.25) is 0 Å². The number of amides is 1. The molecule has 21 heavy (non-hydrogen) atoms. The van der Waals surface area contributed by atoms with E-state index >= 15 is 0 Å². The Labute approximate surface area is 124 Å². The normalized spacial score (nSPS) is 15.7. The summed E-state index contributed by atoms with van der Waals surface area (Å²) in [7, 11) is 0. The molecule has 3 rings (SSSR count). The van der Waals surface area contributed by atoms with Gasteiger partial charge in [0.2, 0.25) is 0 Å². The van der Waals surface area contributed by atoms with Gasteiger partial charge in [0.25, 0.3) is 5.91 Å². The van der Waals surface area contributed by atoms with Gasteiger partial charge in [0, 0.05) is 12.0 Å². The summed E-state index contributed by atoms with van der Waals surface area (Å²) in [6.45, 7) is 4.11. The van der Waals surface area contributed by atoms with Crippen LogP contribution in [0.5, 0.6) is 0 Å². The number of aryl methyl sites for hydroxylation is 1. The maximum absolute atomic E-state index is 12.3. The number of aromatic nitrogens is 1. The van der Waals surface area contributed by atoms with Gasteiger partial charge in [0.05, 0.1) is 6.04 Å². The maximum atomic E-state index is 12.3. The number of benzene rings is 1. The predicted molar refractivity (Wildman–Crippen MR) is 80.2 cm³/mol. The molecule has 1 aromatic heterocycles. The quantitative estimate of drug-likeness (QED) is 0.910. The Morgan fingerprint density at radius 1 is 1.38 bits per heavy atom. The minimum Gasteiger partial charge on any atom is -0.360 e. The van der Waals surface area contributed by atoms with Crippen LogP contribution in [-0.4, -0.2) is 11.1 Å². The van der Waals surface area contributed by atoms with E-state index in [4.69, 9.17) is 4.52 Å². The second kappa shape index (κ2) is 5.72. The van der Waals surface area contributed by atoms with Gasteiger partial charge in [-0.25, -0.2) is 0 Å². The van der Waals surface area contributed by atoms with E-state index in [9.17, 15) is 4.79 Å². The molecule has 0 spiro atoms. The van der Waals surface area contributed by atoms with E-state index in [0.29, 0.717) is 11.6 Å². The highest BCUT2D eigenvalue weighted by Crippen LogP contribution is 2.40. The number of carbonyl (C=O) groups excluding carboxylic acids is 1. The monoisotopic (exact) mass is 284 g/mol. The first-order chi connectivity index (χ1) is 10.2. The van der Waals surface area contributed by atoms with E-state index in [2.05, 4.69) is 48.6 Å². The highest BCUT2D eigenvalue weighted by Gasteiger charge is 2.29. The average molecular weight is 284 g/mol. The van der Waals surface area contributed by atoms with Crippen molar-refractivity contribution in [3.8, 4) is 0 Å². The fourth-order valence-electron chi connectivity index (χ4n) is 2.41. The van der Waals surface area contributed by atoms with Gasteiger partial charge < -0.3 is 9.84 Å². The molecule has 4 heteroatoms. The second-order valence-corrected chi connectivity index (χ2v) is 5.73. The van der Waals surface area contributed by atoms with Crippen LogP contribution in [0, 0.1) is 6.92 Å². The lowest BCUT2D eigenvalue weighted by molar-refractivity contribution is 0.0926. The zero-order valence-electron chi connectivity index (χ0n) is 12.4. The van der Waals surface area contributed by atoms with Crippen LogP contribution in [0.15, 0.2) is 34.9 Å². The highest BCUT2D eigenvalue weighted by atomic mass is 16.5.